The number of aromatic nitrogens is 2. The van der Waals surface area contributed by atoms with E-state index in [9.17, 15) is 9.59 Å². The van der Waals surface area contributed by atoms with Gasteiger partial charge in [0.1, 0.15) is 0 Å². The van der Waals surface area contributed by atoms with Crippen molar-refractivity contribution in [3.8, 4) is 0 Å². The van der Waals surface area contributed by atoms with Crippen molar-refractivity contribution in [2.24, 2.45) is 0 Å². The molecule has 134 valence electrons. The van der Waals surface area contributed by atoms with Crippen molar-refractivity contribution >= 4 is 22.8 Å². The summed E-state index contributed by atoms with van der Waals surface area (Å²) in [6.07, 6.45) is 2.92. The molecule has 2 amide bonds. The fourth-order valence-electron chi connectivity index (χ4n) is 2.74. The number of nitrogens with one attached hydrogen (secondary N) is 2. The monoisotopic (exact) mass is 350 g/mol. The Morgan fingerprint density at radius 1 is 0.923 bits per heavy atom. The van der Waals surface area contributed by atoms with Gasteiger partial charge in [-0.15, -0.1) is 0 Å². The van der Waals surface area contributed by atoms with Gasteiger partial charge in [-0.1, -0.05) is 30.3 Å². The molecule has 0 fully saturated rings. The first-order valence-electron chi connectivity index (χ1n) is 8.74. The van der Waals surface area contributed by atoms with Gasteiger partial charge in [-0.3, -0.25) is 9.59 Å². The number of hydrogen-bond acceptors (Lipinski definition) is 3. The lowest BCUT2D eigenvalue weighted by Gasteiger charge is -2.08. The second-order valence-corrected chi connectivity index (χ2v) is 6.00. The van der Waals surface area contributed by atoms with Gasteiger partial charge in [-0.05, 0) is 30.7 Å². The molecule has 1 aromatic heterocycles. The molecule has 0 unspecified atom stereocenters. The summed E-state index contributed by atoms with van der Waals surface area (Å²) in [6, 6.07) is 17.0. The fraction of sp³-hybridized carbons (Fsp3) is 0.250. The second-order valence-electron chi connectivity index (χ2n) is 6.00. The van der Waals surface area contributed by atoms with Crippen LogP contribution in [0.15, 0.2) is 60.9 Å². The number of imidazole rings is 1. The largest absolute Gasteiger partial charge is 0.356 e. The van der Waals surface area contributed by atoms with Crippen LogP contribution in [-0.2, 0) is 11.3 Å². The van der Waals surface area contributed by atoms with E-state index in [-0.39, 0.29) is 18.2 Å². The smallest absolute Gasteiger partial charge is 0.251 e. The van der Waals surface area contributed by atoms with Crippen LogP contribution in [0, 0.1) is 0 Å². The molecule has 6 nitrogen and oxygen atoms in total. The van der Waals surface area contributed by atoms with Crippen molar-refractivity contribution in [1.29, 1.82) is 0 Å². The summed E-state index contributed by atoms with van der Waals surface area (Å²) in [5.74, 6) is -0.223. The van der Waals surface area contributed by atoms with E-state index in [1.165, 1.54) is 0 Å². The van der Waals surface area contributed by atoms with Gasteiger partial charge in [0.25, 0.3) is 5.91 Å². The number of rotatable bonds is 8. The van der Waals surface area contributed by atoms with Crippen LogP contribution in [0.1, 0.15) is 23.2 Å². The van der Waals surface area contributed by atoms with Crippen LogP contribution in [-0.4, -0.2) is 34.5 Å². The van der Waals surface area contributed by atoms with Gasteiger partial charge in [-0.25, -0.2) is 4.98 Å². The molecule has 0 atom stereocenters. The molecule has 0 radical (unpaired) electrons. The number of nitrogens with zero attached hydrogens (tertiary/aromatic N) is 2. The molecule has 6 heteroatoms. The van der Waals surface area contributed by atoms with Crippen LogP contribution in [0.2, 0.25) is 0 Å². The highest BCUT2D eigenvalue weighted by molar-refractivity contribution is 5.94. The molecule has 0 saturated carbocycles. The molecule has 2 aromatic carbocycles. The highest BCUT2D eigenvalue weighted by Crippen LogP contribution is 2.11. The van der Waals surface area contributed by atoms with Gasteiger partial charge in [0.05, 0.1) is 17.4 Å². The number of aryl methyl sites for hydroxylation is 1. The van der Waals surface area contributed by atoms with Gasteiger partial charge in [0.2, 0.25) is 5.91 Å². The Morgan fingerprint density at radius 3 is 2.54 bits per heavy atom. The van der Waals surface area contributed by atoms with Crippen molar-refractivity contribution in [2.45, 2.75) is 19.4 Å². The summed E-state index contributed by atoms with van der Waals surface area (Å²) in [5, 5.41) is 5.63. The zero-order valence-electron chi connectivity index (χ0n) is 14.5. The predicted octanol–water partition coefficient (Wildman–Crippen LogP) is 2.36. The number of benzene rings is 2. The Balaban J connectivity index is 1.32. The lowest BCUT2D eigenvalue weighted by atomic mass is 10.2. The van der Waals surface area contributed by atoms with Crippen molar-refractivity contribution < 1.29 is 9.59 Å². The van der Waals surface area contributed by atoms with Crippen LogP contribution >= 0.6 is 0 Å². The predicted molar refractivity (Wildman–Crippen MR) is 101 cm³/mol. The van der Waals surface area contributed by atoms with E-state index in [1.807, 2.05) is 48.8 Å². The Morgan fingerprint density at radius 2 is 1.69 bits per heavy atom. The summed E-state index contributed by atoms with van der Waals surface area (Å²) >= 11 is 0. The Hall–Kier alpha value is -3.15. The molecule has 0 aliphatic heterocycles. The van der Waals surface area contributed by atoms with Crippen LogP contribution in [0.4, 0.5) is 0 Å². The first-order chi connectivity index (χ1) is 12.7. The molecule has 3 aromatic rings. The maximum absolute atomic E-state index is 11.9. The lowest BCUT2D eigenvalue weighted by Crippen LogP contribution is -2.31. The molecule has 1 heterocycles. The van der Waals surface area contributed by atoms with Crippen LogP contribution in [0.5, 0.6) is 0 Å². The number of hydrogen-bond donors (Lipinski definition) is 2. The minimum Gasteiger partial charge on any atom is -0.356 e. The topological polar surface area (TPSA) is 76.0 Å². The average Bonchev–Trinajstić information content (AvgIpc) is 3.09. The second kappa shape index (κ2) is 8.80. The van der Waals surface area contributed by atoms with Gasteiger partial charge in [0, 0.05) is 31.6 Å². The quantitative estimate of drug-likeness (QED) is 0.612. The van der Waals surface area contributed by atoms with Crippen molar-refractivity contribution in [3.63, 3.8) is 0 Å². The Kier molecular flexibility index (Phi) is 5.98. The summed E-state index contributed by atoms with van der Waals surface area (Å²) in [4.78, 5) is 28.1. The number of para-hydroxylation sites is 2. The average molecular weight is 350 g/mol. The lowest BCUT2D eigenvalue weighted by molar-refractivity contribution is -0.120. The van der Waals surface area contributed by atoms with Gasteiger partial charge < -0.3 is 15.2 Å². The maximum atomic E-state index is 11.9. The summed E-state index contributed by atoms with van der Waals surface area (Å²) in [6.45, 7) is 1.72. The van der Waals surface area contributed by atoms with E-state index in [0.717, 1.165) is 24.0 Å². The van der Waals surface area contributed by atoms with Crippen molar-refractivity contribution in [3.05, 3.63) is 66.5 Å². The third kappa shape index (κ3) is 4.69. The SMILES string of the molecule is O=C(CCNC(=O)c1ccccc1)NCCCn1cnc2ccccc21. The summed E-state index contributed by atoms with van der Waals surface area (Å²) in [5.41, 5.74) is 2.67. The van der Waals surface area contributed by atoms with E-state index in [1.54, 1.807) is 12.1 Å². The third-order valence-corrected chi connectivity index (χ3v) is 4.10. The first-order valence-corrected chi connectivity index (χ1v) is 8.74. The van der Waals surface area contributed by atoms with Gasteiger partial charge in [0.15, 0.2) is 0 Å². The van der Waals surface area contributed by atoms with E-state index in [2.05, 4.69) is 20.2 Å². The van der Waals surface area contributed by atoms with Crippen molar-refractivity contribution in [2.75, 3.05) is 13.1 Å². The first kappa shape index (κ1) is 17.7. The number of carbonyl (C=O) groups is 2. The van der Waals surface area contributed by atoms with E-state index in [4.69, 9.17) is 0 Å². The van der Waals surface area contributed by atoms with Crippen LogP contribution < -0.4 is 10.6 Å². The summed E-state index contributed by atoms with van der Waals surface area (Å²) < 4.78 is 2.08. The molecule has 0 aliphatic rings. The molecule has 0 saturated heterocycles. The zero-order valence-corrected chi connectivity index (χ0v) is 14.5. The standard InChI is InChI=1S/C20H22N4O2/c25-19(11-13-22-20(26)16-7-2-1-3-8-16)21-12-6-14-24-15-23-17-9-4-5-10-18(17)24/h1-5,7-10,15H,6,11-14H2,(H,21,25)(H,22,26). The van der Waals surface area contributed by atoms with Crippen LogP contribution in [0.25, 0.3) is 11.0 Å². The van der Waals surface area contributed by atoms with E-state index >= 15 is 0 Å². The third-order valence-electron chi connectivity index (χ3n) is 4.10. The van der Waals surface area contributed by atoms with E-state index < -0.39 is 0 Å². The Bertz CT molecular complexity index is 874. The normalized spacial score (nSPS) is 10.6. The summed E-state index contributed by atoms with van der Waals surface area (Å²) in [7, 11) is 0. The highest BCUT2D eigenvalue weighted by atomic mass is 16.2. The molecule has 0 aliphatic carbocycles. The number of amides is 2. The molecule has 2 N–H and O–H groups in total. The van der Waals surface area contributed by atoms with Gasteiger partial charge >= 0.3 is 0 Å². The van der Waals surface area contributed by atoms with Crippen LogP contribution in [0.3, 0.4) is 0 Å². The minimum absolute atomic E-state index is 0.0612. The number of fused-ring (bicyclic) bond motifs is 1. The molecular weight excluding hydrogens is 328 g/mol. The molecule has 0 spiro atoms. The molecular formula is C20H22N4O2. The van der Waals surface area contributed by atoms with Gasteiger partial charge in [-0.2, -0.15) is 0 Å². The number of carbonyl (C=O) groups excluding carboxylic acids is 2. The fourth-order valence-corrected chi connectivity index (χ4v) is 2.74. The minimum atomic E-state index is -0.162. The molecule has 26 heavy (non-hydrogen) atoms. The highest BCUT2D eigenvalue weighted by Gasteiger charge is 2.06. The zero-order chi connectivity index (χ0) is 18.2. The Labute approximate surface area is 152 Å². The molecule has 3 rings (SSSR count). The molecule has 0 bridgehead atoms. The van der Waals surface area contributed by atoms with Crippen molar-refractivity contribution in [1.82, 2.24) is 20.2 Å². The maximum Gasteiger partial charge on any atom is 0.251 e. The van der Waals surface area contributed by atoms with E-state index in [0.29, 0.717) is 18.7 Å².